The van der Waals surface area contributed by atoms with E-state index in [0.717, 1.165) is 6.42 Å². The largest absolute Gasteiger partial charge is 0.392 e. The molecule has 1 aliphatic carbocycles. The van der Waals surface area contributed by atoms with E-state index in [1.165, 1.54) is 10.1 Å². The van der Waals surface area contributed by atoms with Crippen molar-refractivity contribution in [1.82, 2.24) is 4.90 Å². The van der Waals surface area contributed by atoms with Crippen LogP contribution in [0.1, 0.15) is 13.3 Å². The van der Waals surface area contributed by atoms with E-state index in [-0.39, 0.29) is 6.10 Å². The summed E-state index contributed by atoms with van der Waals surface area (Å²) in [5, 5.41) is 9.35. The number of hydrogen-bond donors (Lipinski definition) is 1. The second kappa shape index (κ2) is 3.91. The third kappa shape index (κ3) is 1.93. The molecule has 0 aromatic rings. The van der Waals surface area contributed by atoms with Gasteiger partial charge >= 0.3 is 0 Å². The first-order chi connectivity index (χ1) is 6.66. The van der Waals surface area contributed by atoms with Crippen LogP contribution in [0.25, 0.3) is 0 Å². The van der Waals surface area contributed by atoms with Crippen molar-refractivity contribution >= 4 is 15.9 Å². The zero-order valence-corrected chi connectivity index (χ0v) is 9.74. The summed E-state index contributed by atoms with van der Waals surface area (Å²) in [6, 6.07) is 0.420. The quantitative estimate of drug-likeness (QED) is 0.818. The minimum Gasteiger partial charge on any atom is -0.392 e. The molecule has 14 heavy (non-hydrogen) atoms. The van der Waals surface area contributed by atoms with Crippen LogP contribution >= 0.6 is 15.9 Å². The van der Waals surface area contributed by atoms with Gasteiger partial charge in [0.2, 0.25) is 0 Å². The molecule has 1 N–H and O–H groups in total. The summed E-state index contributed by atoms with van der Waals surface area (Å²) < 4.78 is 1.23. The van der Waals surface area contributed by atoms with Gasteiger partial charge in [0.15, 0.2) is 0 Å². The highest BCUT2D eigenvalue weighted by molar-refractivity contribution is 9.11. The maximum Gasteiger partial charge on any atom is 0.0687 e. The number of aliphatic hydroxyl groups is 1. The van der Waals surface area contributed by atoms with Crippen LogP contribution < -0.4 is 0 Å². The minimum absolute atomic E-state index is 0.274. The predicted molar refractivity (Wildman–Crippen MR) is 61.0 cm³/mol. The van der Waals surface area contributed by atoms with Gasteiger partial charge in [-0.15, -0.1) is 0 Å². The molecule has 1 aliphatic heterocycles. The van der Waals surface area contributed by atoms with E-state index in [1.54, 1.807) is 0 Å². The van der Waals surface area contributed by atoms with Gasteiger partial charge in [0.1, 0.15) is 0 Å². The smallest absolute Gasteiger partial charge is 0.0687 e. The summed E-state index contributed by atoms with van der Waals surface area (Å²) in [7, 11) is 0. The number of halogens is 1. The van der Waals surface area contributed by atoms with Crippen molar-refractivity contribution in [3.8, 4) is 0 Å². The molecule has 0 aromatic carbocycles. The number of nitrogens with zero attached hydrogens (tertiary/aromatic N) is 1. The van der Waals surface area contributed by atoms with Crippen LogP contribution in [-0.4, -0.2) is 28.7 Å². The highest BCUT2D eigenvalue weighted by atomic mass is 79.9. The van der Waals surface area contributed by atoms with E-state index < -0.39 is 0 Å². The van der Waals surface area contributed by atoms with E-state index in [4.69, 9.17) is 0 Å². The van der Waals surface area contributed by atoms with Gasteiger partial charge in [-0.1, -0.05) is 28.1 Å². The molecule has 2 nitrogen and oxygen atoms in total. The number of hydrogen-bond acceptors (Lipinski definition) is 2. The zero-order valence-electron chi connectivity index (χ0n) is 8.15. The lowest BCUT2D eigenvalue weighted by molar-refractivity contribution is 0.142. The molecule has 3 heteroatoms. The van der Waals surface area contributed by atoms with E-state index in [2.05, 4.69) is 45.3 Å². The predicted octanol–water partition coefficient (Wildman–Crippen LogP) is 2.17. The zero-order chi connectivity index (χ0) is 10.1. The molecule has 0 fully saturated rings. The van der Waals surface area contributed by atoms with Crippen LogP contribution in [0.4, 0.5) is 0 Å². The fourth-order valence-electron chi connectivity index (χ4n) is 1.92. The first-order valence-electron chi connectivity index (χ1n) is 4.85. The van der Waals surface area contributed by atoms with Crippen LogP contribution in [0.15, 0.2) is 34.5 Å². The Hall–Kier alpha value is -0.540. The standard InChI is InChI=1S/C11H14BrNO/c1-8(14)7-13-5-4-9-2-3-10(12)6-11(9)13/h2-5,8,11,14H,6-7H2,1H3/t8-,11+/m1/s1. The highest BCUT2D eigenvalue weighted by Crippen LogP contribution is 2.31. The van der Waals surface area contributed by atoms with Crippen molar-refractivity contribution in [2.45, 2.75) is 25.5 Å². The Morgan fingerprint density at radius 2 is 2.43 bits per heavy atom. The van der Waals surface area contributed by atoms with Crippen molar-refractivity contribution in [2.24, 2.45) is 0 Å². The van der Waals surface area contributed by atoms with Crippen LogP contribution in [0.3, 0.4) is 0 Å². The summed E-state index contributed by atoms with van der Waals surface area (Å²) >= 11 is 3.52. The average Bonchev–Trinajstić information content (AvgIpc) is 2.47. The molecule has 0 unspecified atom stereocenters. The number of aliphatic hydroxyl groups excluding tert-OH is 1. The molecule has 2 atom stereocenters. The molecule has 1 heterocycles. The highest BCUT2D eigenvalue weighted by Gasteiger charge is 2.26. The molecular formula is C11H14BrNO. The molecule has 0 bridgehead atoms. The molecule has 2 aliphatic rings. The van der Waals surface area contributed by atoms with Crippen molar-refractivity contribution in [3.05, 3.63) is 34.5 Å². The van der Waals surface area contributed by atoms with Gasteiger partial charge in [0.05, 0.1) is 12.1 Å². The lowest BCUT2D eigenvalue weighted by Gasteiger charge is -2.29. The van der Waals surface area contributed by atoms with Gasteiger partial charge in [-0.25, -0.2) is 0 Å². The Labute approximate surface area is 92.7 Å². The van der Waals surface area contributed by atoms with E-state index in [9.17, 15) is 5.11 Å². The van der Waals surface area contributed by atoms with Gasteiger partial charge in [-0.05, 0) is 23.1 Å². The SMILES string of the molecule is C[C@@H](O)CN1C=CC2=CC=C(Br)C[C@@H]21. The maximum atomic E-state index is 9.35. The Morgan fingerprint density at radius 1 is 1.64 bits per heavy atom. The summed E-state index contributed by atoms with van der Waals surface area (Å²) in [4.78, 5) is 2.20. The van der Waals surface area contributed by atoms with Crippen molar-refractivity contribution in [1.29, 1.82) is 0 Å². The molecule has 0 saturated carbocycles. The van der Waals surface area contributed by atoms with Crippen LogP contribution in [0, 0.1) is 0 Å². The van der Waals surface area contributed by atoms with Crippen LogP contribution in [0.2, 0.25) is 0 Å². The van der Waals surface area contributed by atoms with E-state index >= 15 is 0 Å². The Bertz CT molecular complexity index is 317. The van der Waals surface area contributed by atoms with Gasteiger partial charge in [0, 0.05) is 19.2 Å². The molecular weight excluding hydrogens is 242 g/mol. The molecule has 0 saturated heterocycles. The maximum absolute atomic E-state index is 9.35. The lowest BCUT2D eigenvalue weighted by atomic mass is 10.0. The summed E-state index contributed by atoms with van der Waals surface area (Å²) in [5.74, 6) is 0. The van der Waals surface area contributed by atoms with E-state index in [1.807, 2.05) is 6.92 Å². The Balaban J connectivity index is 2.10. The third-order valence-corrected chi connectivity index (χ3v) is 3.15. The van der Waals surface area contributed by atoms with Crippen LogP contribution in [-0.2, 0) is 0 Å². The topological polar surface area (TPSA) is 23.5 Å². The summed E-state index contributed by atoms with van der Waals surface area (Å²) in [5.41, 5.74) is 1.34. The van der Waals surface area contributed by atoms with Gasteiger partial charge in [-0.3, -0.25) is 0 Å². The first kappa shape index (κ1) is 9.99. The fraction of sp³-hybridized carbons (Fsp3) is 0.455. The molecule has 0 radical (unpaired) electrons. The van der Waals surface area contributed by atoms with Gasteiger partial charge in [0.25, 0.3) is 0 Å². The fourth-order valence-corrected chi connectivity index (χ4v) is 2.36. The number of β-amino-alcohol motifs (C(OH)–C–C–N with tert-alkyl or cyclic N) is 1. The summed E-state index contributed by atoms with van der Waals surface area (Å²) in [6.45, 7) is 2.53. The lowest BCUT2D eigenvalue weighted by Crippen LogP contribution is -2.34. The number of fused-ring (bicyclic) bond motifs is 1. The van der Waals surface area contributed by atoms with Crippen molar-refractivity contribution in [3.63, 3.8) is 0 Å². The minimum atomic E-state index is -0.274. The van der Waals surface area contributed by atoms with Gasteiger partial charge < -0.3 is 10.0 Å². The molecule has 76 valence electrons. The Kier molecular flexibility index (Phi) is 2.79. The number of allylic oxidation sites excluding steroid dienone is 2. The van der Waals surface area contributed by atoms with Crippen molar-refractivity contribution < 1.29 is 5.11 Å². The molecule has 0 aromatic heterocycles. The average molecular weight is 256 g/mol. The first-order valence-corrected chi connectivity index (χ1v) is 5.64. The molecule has 0 amide bonds. The number of rotatable bonds is 2. The third-order valence-electron chi connectivity index (χ3n) is 2.56. The summed E-state index contributed by atoms with van der Waals surface area (Å²) in [6.07, 6.45) is 9.17. The molecule has 0 spiro atoms. The van der Waals surface area contributed by atoms with Crippen molar-refractivity contribution in [2.75, 3.05) is 6.54 Å². The Morgan fingerprint density at radius 3 is 3.14 bits per heavy atom. The monoisotopic (exact) mass is 255 g/mol. The van der Waals surface area contributed by atoms with E-state index in [0.29, 0.717) is 12.6 Å². The second-order valence-corrected chi connectivity index (χ2v) is 4.88. The van der Waals surface area contributed by atoms with Gasteiger partial charge in [-0.2, -0.15) is 0 Å². The molecule has 2 rings (SSSR count). The normalized spacial score (nSPS) is 27.1. The van der Waals surface area contributed by atoms with Crippen LogP contribution in [0.5, 0.6) is 0 Å². The second-order valence-electron chi connectivity index (χ2n) is 3.86.